The second-order valence-electron chi connectivity index (χ2n) is 8.72. The van der Waals surface area contributed by atoms with Crippen molar-refractivity contribution in [3.8, 4) is 0 Å². The van der Waals surface area contributed by atoms with Gasteiger partial charge in [-0.05, 0) is 50.8 Å². The molecule has 1 saturated heterocycles. The first-order valence-corrected chi connectivity index (χ1v) is 11.6. The highest BCUT2D eigenvalue weighted by molar-refractivity contribution is 6.30. The largest absolute Gasteiger partial charge is 0.349 e. The Bertz CT molecular complexity index is 902. The van der Waals surface area contributed by atoms with Gasteiger partial charge in [0, 0.05) is 30.7 Å². The van der Waals surface area contributed by atoms with E-state index in [4.69, 9.17) is 11.6 Å². The number of alkyl halides is 1. The number of rotatable bonds is 4. The summed E-state index contributed by atoms with van der Waals surface area (Å²) in [6, 6.07) is 4.66. The van der Waals surface area contributed by atoms with Crippen LogP contribution in [0, 0.1) is 0 Å². The highest BCUT2D eigenvalue weighted by Gasteiger charge is 2.40. The van der Waals surface area contributed by atoms with E-state index in [1.54, 1.807) is 30.0 Å². The van der Waals surface area contributed by atoms with Crippen molar-refractivity contribution in [2.75, 3.05) is 13.1 Å². The van der Waals surface area contributed by atoms with Crippen molar-refractivity contribution >= 4 is 35.2 Å². The van der Waals surface area contributed by atoms with Crippen LogP contribution < -0.4 is 5.32 Å². The van der Waals surface area contributed by atoms with Crippen LogP contribution in [0.1, 0.15) is 82.9 Å². The minimum absolute atomic E-state index is 0.0398. The zero-order valence-electron chi connectivity index (χ0n) is 17.7. The van der Waals surface area contributed by atoms with Crippen LogP contribution >= 0.6 is 11.6 Å². The molecule has 3 aliphatic rings. The van der Waals surface area contributed by atoms with Crippen LogP contribution in [-0.2, 0) is 4.79 Å². The summed E-state index contributed by atoms with van der Waals surface area (Å²) in [5.74, 6) is -0.890. The molecule has 8 heteroatoms. The van der Waals surface area contributed by atoms with Crippen LogP contribution in [0.15, 0.2) is 18.2 Å². The molecule has 1 N–H and O–H groups in total. The van der Waals surface area contributed by atoms with Crippen molar-refractivity contribution in [2.24, 2.45) is 0 Å². The van der Waals surface area contributed by atoms with Crippen LogP contribution in [0.25, 0.3) is 0 Å². The first-order chi connectivity index (χ1) is 14.9. The molecule has 4 amide bonds. The molecule has 166 valence electrons. The van der Waals surface area contributed by atoms with E-state index in [1.165, 1.54) is 4.90 Å². The molecular weight excluding hydrogens is 418 g/mol. The Kier molecular flexibility index (Phi) is 6.32. The Morgan fingerprint density at radius 1 is 1.00 bits per heavy atom. The molecule has 1 aromatic carbocycles. The molecular formula is C23H28ClN3O4. The number of nitrogens with zero attached hydrogens (tertiary/aromatic N) is 2. The predicted octanol–water partition coefficient (Wildman–Crippen LogP) is 2.96. The van der Waals surface area contributed by atoms with E-state index in [9.17, 15) is 19.2 Å². The van der Waals surface area contributed by atoms with Gasteiger partial charge in [-0.1, -0.05) is 19.3 Å². The Hall–Kier alpha value is -2.41. The number of nitrogens with one attached hydrogen (secondary N) is 1. The van der Waals surface area contributed by atoms with Gasteiger partial charge in [0.1, 0.15) is 5.38 Å². The van der Waals surface area contributed by atoms with E-state index in [0.29, 0.717) is 42.6 Å². The summed E-state index contributed by atoms with van der Waals surface area (Å²) in [6.45, 7) is 2.76. The zero-order chi connectivity index (χ0) is 22.1. The number of benzene rings is 1. The van der Waals surface area contributed by atoms with Crippen molar-refractivity contribution in [3.63, 3.8) is 0 Å². The van der Waals surface area contributed by atoms with Crippen molar-refractivity contribution in [3.05, 3.63) is 34.9 Å². The van der Waals surface area contributed by atoms with Gasteiger partial charge in [0.2, 0.25) is 5.91 Å². The number of piperidine rings is 1. The molecule has 2 heterocycles. The fourth-order valence-electron chi connectivity index (χ4n) is 4.84. The van der Waals surface area contributed by atoms with Gasteiger partial charge in [0.25, 0.3) is 17.7 Å². The van der Waals surface area contributed by atoms with Gasteiger partial charge in [-0.15, -0.1) is 11.6 Å². The van der Waals surface area contributed by atoms with Gasteiger partial charge in [0.05, 0.1) is 11.1 Å². The number of likely N-dealkylation sites (tertiary alicyclic amines) is 1. The van der Waals surface area contributed by atoms with Crippen LogP contribution in [0.3, 0.4) is 0 Å². The highest BCUT2D eigenvalue weighted by Crippen LogP contribution is 2.31. The van der Waals surface area contributed by atoms with Gasteiger partial charge >= 0.3 is 0 Å². The summed E-state index contributed by atoms with van der Waals surface area (Å²) in [7, 11) is 0. The van der Waals surface area contributed by atoms with E-state index in [1.807, 2.05) is 0 Å². The van der Waals surface area contributed by atoms with Crippen LogP contribution in [-0.4, -0.2) is 64.0 Å². The molecule has 1 aromatic rings. The van der Waals surface area contributed by atoms with E-state index in [2.05, 4.69) is 5.32 Å². The van der Waals surface area contributed by atoms with Gasteiger partial charge in [0.15, 0.2) is 0 Å². The molecule has 0 radical (unpaired) electrons. The molecule has 2 fully saturated rings. The summed E-state index contributed by atoms with van der Waals surface area (Å²) < 4.78 is 0. The minimum Gasteiger partial charge on any atom is -0.349 e. The Morgan fingerprint density at radius 2 is 1.65 bits per heavy atom. The maximum absolute atomic E-state index is 13.0. The summed E-state index contributed by atoms with van der Waals surface area (Å²) in [5.41, 5.74) is 1.08. The number of hydrogen-bond acceptors (Lipinski definition) is 4. The third-order valence-corrected chi connectivity index (χ3v) is 6.79. The van der Waals surface area contributed by atoms with Crippen molar-refractivity contribution in [1.29, 1.82) is 0 Å². The quantitative estimate of drug-likeness (QED) is 0.570. The average molecular weight is 446 g/mol. The lowest BCUT2D eigenvalue weighted by molar-refractivity contribution is -0.131. The second-order valence-corrected chi connectivity index (χ2v) is 9.38. The third kappa shape index (κ3) is 4.33. The van der Waals surface area contributed by atoms with Crippen LogP contribution in [0.5, 0.6) is 0 Å². The number of halogens is 1. The molecule has 7 nitrogen and oxygen atoms in total. The fraction of sp³-hybridized carbons (Fsp3) is 0.565. The molecule has 4 rings (SSSR count). The number of amides is 4. The minimum atomic E-state index is -0.550. The Labute approximate surface area is 187 Å². The first-order valence-electron chi connectivity index (χ1n) is 11.1. The van der Waals surface area contributed by atoms with Crippen LogP contribution in [0.2, 0.25) is 0 Å². The average Bonchev–Trinajstić information content (AvgIpc) is 3.03. The lowest BCUT2D eigenvalue weighted by atomic mass is 9.94. The van der Waals surface area contributed by atoms with E-state index in [-0.39, 0.29) is 35.7 Å². The van der Waals surface area contributed by atoms with E-state index < -0.39 is 5.38 Å². The molecule has 2 aliphatic heterocycles. The molecule has 0 bridgehead atoms. The number of carbonyl (C=O) groups is 4. The number of hydrogen-bond donors (Lipinski definition) is 1. The lowest BCUT2D eigenvalue weighted by Crippen LogP contribution is -2.48. The third-order valence-electron chi connectivity index (χ3n) is 6.60. The molecule has 0 spiro atoms. The summed E-state index contributed by atoms with van der Waals surface area (Å²) in [5, 5.41) is 2.45. The summed E-state index contributed by atoms with van der Waals surface area (Å²) in [4.78, 5) is 53.7. The molecule has 1 saturated carbocycles. The number of carbonyl (C=O) groups excluding carboxylic acids is 4. The molecule has 31 heavy (non-hydrogen) atoms. The van der Waals surface area contributed by atoms with Gasteiger partial charge in [-0.3, -0.25) is 24.1 Å². The Balaban J connectivity index is 1.40. The molecule has 1 atom stereocenters. The summed E-state index contributed by atoms with van der Waals surface area (Å²) in [6.07, 6.45) is 6.20. The highest BCUT2D eigenvalue weighted by atomic mass is 35.5. The maximum Gasteiger partial charge on any atom is 0.261 e. The van der Waals surface area contributed by atoms with E-state index >= 15 is 0 Å². The topological polar surface area (TPSA) is 86.8 Å². The predicted molar refractivity (Wildman–Crippen MR) is 116 cm³/mol. The molecule has 1 unspecified atom stereocenters. The van der Waals surface area contributed by atoms with E-state index in [0.717, 1.165) is 32.1 Å². The smallest absolute Gasteiger partial charge is 0.261 e. The van der Waals surface area contributed by atoms with Crippen molar-refractivity contribution in [1.82, 2.24) is 15.1 Å². The molecule has 0 aromatic heterocycles. The standard InChI is InChI=1S/C23H28ClN3O4/c1-14(24)21(29)26-11-9-16(10-12-26)25-20(28)15-7-8-18-19(13-15)23(31)27(22(18)30)17-5-3-2-4-6-17/h7-8,13-14,16-17H,2-6,9-12H2,1H3,(H,25,28). The summed E-state index contributed by atoms with van der Waals surface area (Å²) >= 11 is 5.87. The Morgan fingerprint density at radius 3 is 2.29 bits per heavy atom. The second kappa shape index (κ2) is 8.99. The normalized spacial score (nSPS) is 21.2. The SMILES string of the molecule is CC(Cl)C(=O)N1CCC(NC(=O)c2ccc3c(c2)C(=O)N(C2CCCCC2)C3=O)CC1. The monoisotopic (exact) mass is 445 g/mol. The molecule has 1 aliphatic carbocycles. The maximum atomic E-state index is 13.0. The number of fused-ring (bicyclic) bond motifs is 1. The van der Waals surface area contributed by atoms with Crippen molar-refractivity contribution < 1.29 is 19.2 Å². The fourth-order valence-corrected chi connectivity index (χ4v) is 4.97. The zero-order valence-corrected chi connectivity index (χ0v) is 18.5. The van der Waals surface area contributed by atoms with Crippen molar-refractivity contribution in [2.45, 2.75) is 69.3 Å². The van der Waals surface area contributed by atoms with Gasteiger partial charge in [-0.2, -0.15) is 0 Å². The van der Waals surface area contributed by atoms with Gasteiger partial charge in [-0.25, -0.2) is 0 Å². The van der Waals surface area contributed by atoms with Gasteiger partial charge < -0.3 is 10.2 Å². The number of imide groups is 1. The first kappa shape index (κ1) is 21.8. The lowest BCUT2D eigenvalue weighted by Gasteiger charge is -2.33. The van der Waals surface area contributed by atoms with Crippen LogP contribution in [0.4, 0.5) is 0 Å².